The predicted octanol–water partition coefficient (Wildman–Crippen LogP) is 17.0. The van der Waals surface area contributed by atoms with Gasteiger partial charge in [-0.3, -0.25) is 9.59 Å². The van der Waals surface area contributed by atoms with Gasteiger partial charge in [0.25, 0.3) is 0 Å². The lowest BCUT2D eigenvalue weighted by molar-refractivity contribution is -0.143. The molecule has 2 atom stereocenters. The lowest BCUT2D eigenvalue weighted by atomic mass is 10.0. The Labute approximate surface area is 397 Å². The molecule has 1 amide bonds. The van der Waals surface area contributed by atoms with Gasteiger partial charge in [0, 0.05) is 12.8 Å². The van der Waals surface area contributed by atoms with E-state index in [1.54, 1.807) is 6.08 Å². The Morgan fingerprint density at radius 1 is 0.438 bits per heavy atom. The minimum absolute atomic E-state index is 0.0334. The van der Waals surface area contributed by atoms with Crippen molar-refractivity contribution in [3.63, 3.8) is 0 Å². The van der Waals surface area contributed by atoms with Gasteiger partial charge in [0.15, 0.2) is 0 Å². The first-order chi connectivity index (χ1) is 31.5. The van der Waals surface area contributed by atoms with E-state index < -0.39 is 12.1 Å². The molecule has 0 saturated heterocycles. The first kappa shape index (κ1) is 61.8. The Bertz CT molecular complexity index is 1080. The maximum Gasteiger partial charge on any atom is 0.305 e. The van der Waals surface area contributed by atoms with Gasteiger partial charge >= 0.3 is 5.97 Å². The largest absolute Gasteiger partial charge is 0.466 e. The Hall–Kier alpha value is -2.18. The van der Waals surface area contributed by atoms with Crippen LogP contribution in [0.15, 0.2) is 48.6 Å². The molecule has 0 aromatic heterocycles. The van der Waals surface area contributed by atoms with E-state index in [1.807, 2.05) is 6.08 Å². The first-order valence-corrected chi connectivity index (χ1v) is 27.9. The Balaban J connectivity index is 3.57. The molecule has 3 N–H and O–H groups in total. The SMILES string of the molecule is CCCCC/C=C\CCCCCCCC(=O)OCCCCC/C=C\C=C/CCCCCCCCC(=O)NC(CO)C(O)/C=C/CCCCCCCCCCCCCCCCCCCC. The number of carbonyl (C=O) groups is 2. The molecule has 6 heteroatoms. The van der Waals surface area contributed by atoms with Gasteiger partial charge in [-0.15, -0.1) is 0 Å². The molecule has 0 aliphatic carbocycles. The van der Waals surface area contributed by atoms with Crippen molar-refractivity contribution >= 4 is 11.9 Å². The summed E-state index contributed by atoms with van der Waals surface area (Å²) in [7, 11) is 0. The van der Waals surface area contributed by atoms with E-state index in [0.29, 0.717) is 19.4 Å². The second kappa shape index (κ2) is 53.4. The quantitative estimate of drug-likeness (QED) is 0.0245. The number of unbranched alkanes of at least 4 members (excludes halogenated alkanes) is 35. The summed E-state index contributed by atoms with van der Waals surface area (Å²) in [6, 6.07) is -0.646. The molecule has 0 spiro atoms. The zero-order chi connectivity index (χ0) is 46.5. The number of allylic oxidation sites excluding steroid dienone is 7. The molecule has 0 radical (unpaired) electrons. The van der Waals surface area contributed by atoms with Crippen LogP contribution in [0, 0.1) is 0 Å². The van der Waals surface area contributed by atoms with Crippen molar-refractivity contribution in [3.05, 3.63) is 48.6 Å². The molecule has 6 nitrogen and oxygen atoms in total. The van der Waals surface area contributed by atoms with E-state index >= 15 is 0 Å². The van der Waals surface area contributed by atoms with Crippen LogP contribution in [0.2, 0.25) is 0 Å². The van der Waals surface area contributed by atoms with Gasteiger partial charge in [0.05, 0.1) is 25.4 Å². The number of rotatable bonds is 51. The van der Waals surface area contributed by atoms with Gasteiger partial charge in [0.2, 0.25) is 5.91 Å². The summed E-state index contributed by atoms with van der Waals surface area (Å²) >= 11 is 0. The number of hydrogen-bond donors (Lipinski definition) is 3. The third kappa shape index (κ3) is 49.3. The fraction of sp³-hybridized carbons (Fsp3) is 0.828. The normalized spacial score (nSPS) is 13.0. The number of nitrogens with one attached hydrogen (secondary N) is 1. The van der Waals surface area contributed by atoms with Crippen molar-refractivity contribution in [1.82, 2.24) is 5.32 Å². The average Bonchev–Trinajstić information content (AvgIpc) is 3.29. The second-order valence-electron chi connectivity index (χ2n) is 18.9. The molecule has 374 valence electrons. The molecular formula is C58H107NO5. The molecule has 0 aromatic carbocycles. The van der Waals surface area contributed by atoms with Crippen molar-refractivity contribution in [1.29, 1.82) is 0 Å². The highest BCUT2D eigenvalue weighted by Gasteiger charge is 2.18. The molecule has 0 fully saturated rings. The first-order valence-electron chi connectivity index (χ1n) is 27.9. The van der Waals surface area contributed by atoms with Crippen LogP contribution in [0.1, 0.15) is 284 Å². The fourth-order valence-corrected chi connectivity index (χ4v) is 8.26. The highest BCUT2D eigenvalue weighted by atomic mass is 16.5. The van der Waals surface area contributed by atoms with E-state index in [4.69, 9.17) is 4.74 Å². The minimum Gasteiger partial charge on any atom is -0.466 e. The minimum atomic E-state index is -0.860. The molecule has 0 rings (SSSR count). The van der Waals surface area contributed by atoms with Crippen LogP contribution in [-0.4, -0.2) is 47.4 Å². The average molecular weight is 898 g/mol. The number of carbonyl (C=O) groups excluding carboxylic acids is 2. The van der Waals surface area contributed by atoms with Crippen LogP contribution in [0.4, 0.5) is 0 Å². The second-order valence-corrected chi connectivity index (χ2v) is 18.9. The molecule has 0 bridgehead atoms. The zero-order valence-electron chi connectivity index (χ0n) is 42.5. The van der Waals surface area contributed by atoms with Crippen molar-refractivity contribution in [2.45, 2.75) is 296 Å². The summed E-state index contributed by atoms with van der Waals surface area (Å²) in [5.74, 6) is -0.123. The van der Waals surface area contributed by atoms with Crippen LogP contribution in [0.3, 0.4) is 0 Å². The van der Waals surface area contributed by atoms with Gasteiger partial charge in [-0.25, -0.2) is 0 Å². The summed E-state index contributed by atoms with van der Waals surface area (Å²) in [5, 5.41) is 23.1. The maximum absolute atomic E-state index is 12.5. The van der Waals surface area contributed by atoms with Gasteiger partial charge < -0.3 is 20.3 Å². The van der Waals surface area contributed by atoms with Crippen LogP contribution in [0.25, 0.3) is 0 Å². The van der Waals surface area contributed by atoms with E-state index in [0.717, 1.165) is 77.0 Å². The van der Waals surface area contributed by atoms with Crippen LogP contribution < -0.4 is 5.32 Å². The van der Waals surface area contributed by atoms with Crippen molar-refractivity contribution in [3.8, 4) is 0 Å². The van der Waals surface area contributed by atoms with E-state index in [1.165, 1.54) is 180 Å². The number of ether oxygens (including phenoxy) is 1. The van der Waals surface area contributed by atoms with E-state index in [-0.39, 0.29) is 18.5 Å². The van der Waals surface area contributed by atoms with Crippen molar-refractivity contribution in [2.75, 3.05) is 13.2 Å². The molecule has 0 saturated carbocycles. The van der Waals surface area contributed by atoms with Crippen LogP contribution >= 0.6 is 0 Å². The number of hydrogen-bond acceptors (Lipinski definition) is 5. The lowest BCUT2D eigenvalue weighted by Gasteiger charge is -2.20. The molecule has 64 heavy (non-hydrogen) atoms. The summed E-state index contributed by atoms with van der Waals surface area (Å²) in [5.41, 5.74) is 0. The number of esters is 1. The predicted molar refractivity (Wildman–Crippen MR) is 278 cm³/mol. The van der Waals surface area contributed by atoms with Gasteiger partial charge in [-0.2, -0.15) is 0 Å². The summed E-state index contributed by atoms with van der Waals surface area (Å²) in [6.45, 7) is 4.82. The third-order valence-electron chi connectivity index (χ3n) is 12.6. The monoisotopic (exact) mass is 898 g/mol. The zero-order valence-corrected chi connectivity index (χ0v) is 42.5. The Morgan fingerprint density at radius 3 is 1.23 bits per heavy atom. The van der Waals surface area contributed by atoms with Crippen LogP contribution in [0.5, 0.6) is 0 Å². The third-order valence-corrected chi connectivity index (χ3v) is 12.6. The Morgan fingerprint density at radius 2 is 0.781 bits per heavy atom. The molecular weight excluding hydrogens is 791 g/mol. The van der Waals surface area contributed by atoms with Gasteiger partial charge in [0.1, 0.15) is 0 Å². The van der Waals surface area contributed by atoms with Gasteiger partial charge in [-0.05, 0) is 89.9 Å². The molecule has 0 aromatic rings. The molecule has 0 aliphatic rings. The standard InChI is InChI=1S/C58H107NO5/c1-3-5-7-9-11-13-15-17-18-19-20-21-22-24-27-30-34-38-42-46-50-56(61)55(54-60)59-57(62)51-47-43-39-35-31-28-25-23-26-29-33-37-41-45-49-53-64-58(63)52-48-44-40-36-32-16-14-12-10-8-6-4-2/h12,14,23,26,29,33,46,50,55-56,60-61H,3-11,13,15-22,24-25,27-28,30-32,34-45,47-49,51-54H2,1-2H3,(H,59,62)/b14-12-,26-23-,33-29-,50-46+. The highest BCUT2D eigenvalue weighted by molar-refractivity contribution is 5.76. The van der Waals surface area contributed by atoms with E-state index in [2.05, 4.69) is 55.6 Å². The summed E-state index contributed by atoms with van der Waals surface area (Å²) < 4.78 is 5.42. The number of aliphatic hydroxyl groups is 2. The molecule has 0 aliphatic heterocycles. The van der Waals surface area contributed by atoms with E-state index in [9.17, 15) is 19.8 Å². The maximum atomic E-state index is 12.5. The number of aliphatic hydroxyl groups excluding tert-OH is 2. The smallest absolute Gasteiger partial charge is 0.305 e. The fourth-order valence-electron chi connectivity index (χ4n) is 8.26. The topological polar surface area (TPSA) is 95.9 Å². The number of amides is 1. The molecule has 0 heterocycles. The van der Waals surface area contributed by atoms with Crippen molar-refractivity contribution in [2.24, 2.45) is 0 Å². The highest BCUT2D eigenvalue weighted by Crippen LogP contribution is 2.16. The summed E-state index contributed by atoms with van der Waals surface area (Å²) in [4.78, 5) is 24.4. The van der Waals surface area contributed by atoms with Crippen molar-refractivity contribution < 1.29 is 24.5 Å². The Kier molecular flexibility index (Phi) is 51.6. The summed E-state index contributed by atoms with van der Waals surface area (Å²) in [6.07, 6.45) is 67.0. The van der Waals surface area contributed by atoms with Crippen LogP contribution in [-0.2, 0) is 14.3 Å². The van der Waals surface area contributed by atoms with Gasteiger partial charge in [-0.1, -0.05) is 229 Å². The lowest BCUT2D eigenvalue weighted by Crippen LogP contribution is -2.45. The molecule has 2 unspecified atom stereocenters.